The first-order valence-corrected chi connectivity index (χ1v) is 5.38. The molecule has 0 aromatic heterocycles. The van der Waals surface area contributed by atoms with Crippen molar-refractivity contribution < 1.29 is 4.79 Å². The van der Waals surface area contributed by atoms with Gasteiger partial charge in [-0.3, -0.25) is 4.79 Å². The van der Waals surface area contributed by atoms with Gasteiger partial charge < -0.3 is 10.2 Å². The van der Waals surface area contributed by atoms with Gasteiger partial charge in [0.1, 0.15) is 0 Å². The maximum atomic E-state index is 12.2. The highest BCUT2D eigenvalue weighted by atomic mass is 16.2. The van der Waals surface area contributed by atoms with Gasteiger partial charge in [0, 0.05) is 12.1 Å². The quantitative estimate of drug-likeness (QED) is 0.690. The molecule has 1 aliphatic rings. The van der Waals surface area contributed by atoms with Crippen molar-refractivity contribution in [3.05, 3.63) is 0 Å². The van der Waals surface area contributed by atoms with Crippen molar-refractivity contribution in [2.75, 3.05) is 13.1 Å². The Kier molecular flexibility index (Phi) is 2.91. The van der Waals surface area contributed by atoms with E-state index >= 15 is 0 Å². The number of carbonyl (C=O) groups is 1. The average molecular weight is 198 g/mol. The first-order chi connectivity index (χ1) is 6.31. The minimum absolute atomic E-state index is 0.0212. The molecule has 1 aliphatic heterocycles. The second-order valence-electron chi connectivity index (χ2n) is 5.16. The molecule has 82 valence electrons. The van der Waals surface area contributed by atoms with Gasteiger partial charge >= 0.3 is 0 Å². The first-order valence-electron chi connectivity index (χ1n) is 5.38. The number of hydrogen-bond acceptors (Lipinski definition) is 2. The third kappa shape index (κ3) is 1.92. The van der Waals surface area contributed by atoms with E-state index in [9.17, 15) is 4.79 Å². The molecule has 0 atom stereocenters. The summed E-state index contributed by atoms with van der Waals surface area (Å²) in [4.78, 5) is 14.2. The van der Waals surface area contributed by atoms with Gasteiger partial charge in [-0.05, 0) is 47.6 Å². The second kappa shape index (κ2) is 3.54. The monoisotopic (exact) mass is 198 g/mol. The average Bonchev–Trinajstić information content (AvgIpc) is 2.09. The largest absolute Gasteiger partial charge is 0.336 e. The molecule has 1 fully saturated rings. The maximum absolute atomic E-state index is 12.2. The number of nitrogens with zero attached hydrogens (tertiary/aromatic N) is 1. The molecule has 1 heterocycles. The molecule has 3 nitrogen and oxygen atoms in total. The van der Waals surface area contributed by atoms with Gasteiger partial charge in [-0.15, -0.1) is 0 Å². The summed E-state index contributed by atoms with van der Waals surface area (Å²) >= 11 is 0. The lowest BCUT2D eigenvalue weighted by Crippen LogP contribution is -2.55. The smallest absolute Gasteiger partial charge is 0.242 e. The Bertz CT molecular complexity index is 233. The van der Waals surface area contributed by atoms with E-state index in [0.717, 1.165) is 19.5 Å². The lowest BCUT2D eigenvalue weighted by molar-refractivity contribution is -0.140. The molecule has 1 N–H and O–H groups in total. The summed E-state index contributed by atoms with van der Waals surface area (Å²) < 4.78 is 0. The number of nitrogens with one attached hydrogen (secondary N) is 1. The highest BCUT2D eigenvalue weighted by Gasteiger charge is 2.40. The van der Waals surface area contributed by atoms with Gasteiger partial charge in [0.2, 0.25) is 5.91 Å². The summed E-state index contributed by atoms with van der Waals surface area (Å²) in [6.07, 6.45) is 1.01. The molecule has 0 unspecified atom stereocenters. The summed E-state index contributed by atoms with van der Waals surface area (Å²) in [6, 6.07) is 0. The van der Waals surface area contributed by atoms with Crippen LogP contribution < -0.4 is 5.32 Å². The van der Waals surface area contributed by atoms with E-state index in [0.29, 0.717) is 0 Å². The molecule has 1 rings (SSSR count). The molecule has 1 saturated heterocycles. The van der Waals surface area contributed by atoms with Crippen LogP contribution in [0.4, 0.5) is 0 Å². The van der Waals surface area contributed by atoms with Gasteiger partial charge in [-0.1, -0.05) is 0 Å². The van der Waals surface area contributed by atoms with Crippen LogP contribution in [0.3, 0.4) is 0 Å². The lowest BCUT2D eigenvalue weighted by atomic mass is 9.97. The van der Waals surface area contributed by atoms with Gasteiger partial charge in [-0.2, -0.15) is 0 Å². The number of carbonyl (C=O) groups excluding carboxylic acids is 1. The van der Waals surface area contributed by atoms with Crippen LogP contribution in [0.15, 0.2) is 0 Å². The van der Waals surface area contributed by atoms with Crippen molar-refractivity contribution in [2.24, 2.45) is 0 Å². The second-order valence-corrected chi connectivity index (χ2v) is 5.16. The van der Waals surface area contributed by atoms with Crippen molar-refractivity contribution in [1.82, 2.24) is 10.2 Å². The predicted molar refractivity (Wildman–Crippen MR) is 58.2 cm³/mol. The third-order valence-corrected chi connectivity index (χ3v) is 3.13. The van der Waals surface area contributed by atoms with Crippen LogP contribution in [-0.4, -0.2) is 35.0 Å². The molecule has 0 aromatic rings. The fourth-order valence-corrected chi connectivity index (χ4v) is 2.08. The molecule has 14 heavy (non-hydrogen) atoms. The Morgan fingerprint density at radius 1 is 1.36 bits per heavy atom. The summed E-state index contributed by atoms with van der Waals surface area (Å²) in [5.41, 5.74) is -0.434. The van der Waals surface area contributed by atoms with E-state index in [2.05, 4.69) is 19.2 Å². The SMILES string of the molecule is CCN1C(=O)C(C)(C)NCCC1(C)C. The van der Waals surface area contributed by atoms with E-state index in [1.807, 2.05) is 25.7 Å². The zero-order valence-electron chi connectivity index (χ0n) is 9.98. The van der Waals surface area contributed by atoms with E-state index in [4.69, 9.17) is 0 Å². The van der Waals surface area contributed by atoms with Gasteiger partial charge in [0.15, 0.2) is 0 Å². The fourth-order valence-electron chi connectivity index (χ4n) is 2.08. The topological polar surface area (TPSA) is 32.3 Å². The van der Waals surface area contributed by atoms with Crippen molar-refractivity contribution >= 4 is 5.91 Å². The van der Waals surface area contributed by atoms with Crippen LogP contribution in [0, 0.1) is 0 Å². The zero-order valence-corrected chi connectivity index (χ0v) is 9.98. The number of rotatable bonds is 1. The van der Waals surface area contributed by atoms with Crippen LogP contribution in [-0.2, 0) is 4.79 Å². The summed E-state index contributed by atoms with van der Waals surface area (Å²) in [6.45, 7) is 11.9. The van der Waals surface area contributed by atoms with Crippen molar-refractivity contribution in [3.63, 3.8) is 0 Å². The number of hydrogen-bond donors (Lipinski definition) is 1. The van der Waals surface area contributed by atoms with Gasteiger partial charge in [0.25, 0.3) is 0 Å². The fraction of sp³-hybridized carbons (Fsp3) is 0.909. The highest BCUT2D eigenvalue weighted by molar-refractivity contribution is 5.86. The Hall–Kier alpha value is -0.570. The highest BCUT2D eigenvalue weighted by Crippen LogP contribution is 2.25. The molecule has 0 aliphatic carbocycles. The Labute approximate surface area is 86.9 Å². The number of likely N-dealkylation sites (N-methyl/N-ethyl adjacent to an activating group) is 1. The van der Waals surface area contributed by atoms with Crippen molar-refractivity contribution in [1.29, 1.82) is 0 Å². The van der Waals surface area contributed by atoms with Crippen LogP contribution in [0.25, 0.3) is 0 Å². The molecule has 3 heteroatoms. The number of amides is 1. The Balaban J connectivity index is 2.99. The van der Waals surface area contributed by atoms with Crippen LogP contribution >= 0.6 is 0 Å². The van der Waals surface area contributed by atoms with Crippen LogP contribution in [0.1, 0.15) is 41.0 Å². The van der Waals surface area contributed by atoms with Crippen LogP contribution in [0.2, 0.25) is 0 Å². The predicted octanol–water partition coefficient (Wildman–Crippen LogP) is 1.39. The Morgan fingerprint density at radius 3 is 2.43 bits per heavy atom. The molecule has 0 spiro atoms. The van der Waals surface area contributed by atoms with E-state index in [1.54, 1.807) is 0 Å². The summed E-state index contributed by atoms with van der Waals surface area (Å²) in [7, 11) is 0. The Morgan fingerprint density at radius 2 is 1.93 bits per heavy atom. The normalized spacial score (nSPS) is 26.1. The molecule has 0 aromatic carbocycles. The first kappa shape index (κ1) is 11.5. The lowest BCUT2D eigenvalue weighted by Gasteiger charge is -2.38. The van der Waals surface area contributed by atoms with Crippen LogP contribution in [0.5, 0.6) is 0 Å². The molecule has 1 amide bonds. The molecule has 0 saturated carbocycles. The van der Waals surface area contributed by atoms with Crippen molar-refractivity contribution in [2.45, 2.75) is 52.1 Å². The summed E-state index contributed by atoms with van der Waals surface area (Å²) in [5, 5.41) is 3.30. The maximum Gasteiger partial charge on any atom is 0.242 e. The minimum atomic E-state index is -0.413. The van der Waals surface area contributed by atoms with Gasteiger partial charge in [0.05, 0.1) is 5.54 Å². The molecule has 0 bridgehead atoms. The van der Waals surface area contributed by atoms with E-state index in [-0.39, 0.29) is 11.4 Å². The summed E-state index contributed by atoms with van der Waals surface area (Å²) in [5.74, 6) is 0.211. The molecular weight excluding hydrogens is 176 g/mol. The molecule has 0 radical (unpaired) electrons. The van der Waals surface area contributed by atoms with Crippen molar-refractivity contribution in [3.8, 4) is 0 Å². The standard InChI is InChI=1S/C11H22N2O/c1-6-13-9(14)11(4,5)12-8-7-10(13,2)3/h12H,6-8H2,1-5H3. The zero-order chi connectivity index (χ0) is 11.0. The van der Waals surface area contributed by atoms with E-state index in [1.165, 1.54) is 0 Å². The third-order valence-electron chi connectivity index (χ3n) is 3.13. The van der Waals surface area contributed by atoms with E-state index < -0.39 is 5.54 Å². The minimum Gasteiger partial charge on any atom is -0.336 e. The van der Waals surface area contributed by atoms with Gasteiger partial charge in [-0.25, -0.2) is 0 Å². The molecular formula is C11H22N2O.